The highest BCUT2D eigenvalue weighted by molar-refractivity contribution is 5.06. The Kier molecular flexibility index (Phi) is 3.28. The molecule has 2 saturated carbocycles. The van der Waals surface area contributed by atoms with Crippen LogP contribution in [0.2, 0.25) is 0 Å². The Morgan fingerprint density at radius 3 is 2.60 bits per heavy atom. The lowest BCUT2D eigenvalue weighted by Crippen LogP contribution is -2.45. The summed E-state index contributed by atoms with van der Waals surface area (Å²) in [7, 11) is 0. The normalized spacial score (nSPS) is 34.1. The first-order valence-corrected chi connectivity index (χ1v) is 6.08. The molecule has 0 radical (unpaired) electrons. The molecule has 84 valence electrons. The molecule has 0 aliphatic heterocycles. The molecule has 2 rings (SSSR count). The van der Waals surface area contributed by atoms with Crippen molar-refractivity contribution in [1.82, 2.24) is 5.32 Å². The molecule has 2 aliphatic carbocycles. The van der Waals surface area contributed by atoms with Crippen LogP contribution in [-0.2, 0) is 0 Å². The first-order chi connectivity index (χ1) is 7.29. The minimum absolute atomic E-state index is 0.0237. The van der Waals surface area contributed by atoms with Gasteiger partial charge in [0, 0.05) is 11.6 Å². The number of nitriles is 1. The van der Waals surface area contributed by atoms with Gasteiger partial charge in [0.1, 0.15) is 0 Å². The predicted octanol–water partition coefficient (Wildman–Crippen LogP) is 1.57. The fourth-order valence-corrected chi connectivity index (χ4v) is 2.53. The molecule has 0 amide bonds. The van der Waals surface area contributed by atoms with Crippen LogP contribution in [0.3, 0.4) is 0 Å². The van der Waals surface area contributed by atoms with Crippen molar-refractivity contribution in [2.75, 3.05) is 6.61 Å². The molecule has 0 aromatic heterocycles. The second kappa shape index (κ2) is 4.51. The highest BCUT2D eigenvalue weighted by Gasteiger charge is 2.44. The third-order valence-corrected chi connectivity index (χ3v) is 3.83. The zero-order valence-corrected chi connectivity index (χ0v) is 9.21. The van der Waals surface area contributed by atoms with Crippen LogP contribution in [-0.4, -0.2) is 23.3 Å². The fraction of sp³-hybridized carbons (Fsp3) is 0.917. The summed E-state index contributed by atoms with van der Waals surface area (Å²) in [6, 6.07) is 2.74. The lowest BCUT2D eigenvalue weighted by atomic mass is 9.95. The van der Waals surface area contributed by atoms with Crippen LogP contribution in [0, 0.1) is 17.2 Å². The van der Waals surface area contributed by atoms with Crippen molar-refractivity contribution in [3.05, 3.63) is 0 Å². The first kappa shape index (κ1) is 10.9. The second-order valence-corrected chi connectivity index (χ2v) is 5.06. The molecule has 3 heteroatoms. The van der Waals surface area contributed by atoms with Gasteiger partial charge in [-0.2, -0.15) is 5.26 Å². The van der Waals surface area contributed by atoms with Gasteiger partial charge in [-0.25, -0.2) is 0 Å². The molecule has 0 aromatic rings. The number of aliphatic hydroxyl groups excluding tert-OH is 1. The van der Waals surface area contributed by atoms with Gasteiger partial charge in [0.2, 0.25) is 0 Å². The van der Waals surface area contributed by atoms with E-state index in [1.54, 1.807) is 0 Å². The van der Waals surface area contributed by atoms with Crippen LogP contribution in [0.1, 0.15) is 44.9 Å². The Morgan fingerprint density at radius 1 is 1.27 bits per heavy atom. The van der Waals surface area contributed by atoms with E-state index < -0.39 is 0 Å². The van der Waals surface area contributed by atoms with Crippen LogP contribution >= 0.6 is 0 Å². The number of nitrogens with one attached hydrogen (secondary N) is 1. The Labute approximate surface area is 91.5 Å². The van der Waals surface area contributed by atoms with Crippen LogP contribution in [0.15, 0.2) is 0 Å². The predicted molar refractivity (Wildman–Crippen MR) is 58.2 cm³/mol. The monoisotopic (exact) mass is 208 g/mol. The first-order valence-electron chi connectivity index (χ1n) is 6.08. The number of nitrogens with zero attached hydrogens (tertiary/aromatic N) is 1. The number of rotatable bonds is 3. The second-order valence-electron chi connectivity index (χ2n) is 5.06. The average molecular weight is 208 g/mol. The summed E-state index contributed by atoms with van der Waals surface area (Å²) < 4.78 is 0. The lowest BCUT2D eigenvalue weighted by molar-refractivity contribution is 0.206. The molecule has 0 aromatic carbocycles. The standard InChI is InChI=1S/C12H20N2O/c13-8-10-4-2-1-3-5-11(10)14-12(9-15)6-7-12/h10-11,14-15H,1-7,9H2. The van der Waals surface area contributed by atoms with E-state index in [1.807, 2.05) is 0 Å². The maximum Gasteiger partial charge on any atom is 0.0672 e. The van der Waals surface area contributed by atoms with Gasteiger partial charge in [0.25, 0.3) is 0 Å². The SMILES string of the molecule is N#CC1CCCCCC1NC1(CO)CC1. The van der Waals surface area contributed by atoms with Crippen molar-refractivity contribution in [1.29, 1.82) is 5.26 Å². The Morgan fingerprint density at radius 2 is 2.00 bits per heavy atom. The molecule has 0 bridgehead atoms. The van der Waals surface area contributed by atoms with Gasteiger partial charge in [0.05, 0.1) is 18.6 Å². The topological polar surface area (TPSA) is 56.0 Å². The van der Waals surface area contributed by atoms with E-state index in [4.69, 9.17) is 5.26 Å². The van der Waals surface area contributed by atoms with Gasteiger partial charge in [-0.3, -0.25) is 0 Å². The van der Waals surface area contributed by atoms with E-state index >= 15 is 0 Å². The van der Waals surface area contributed by atoms with E-state index in [-0.39, 0.29) is 18.1 Å². The zero-order valence-electron chi connectivity index (χ0n) is 9.21. The van der Waals surface area contributed by atoms with Crippen molar-refractivity contribution >= 4 is 0 Å². The van der Waals surface area contributed by atoms with Crippen LogP contribution in [0.5, 0.6) is 0 Å². The maximum absolute atomic E-state index is 9.27. The quantitative estimate of drug-likeness (QED) is 0.692. The van der Waals surface area contributed by atoms with Crippen LogP contribution < -0.4 is 5.32 Å². The Hall–Kier alpha value is -0.590. The summed E-state index contributed by atoms with van der Waals surface area (Å²) in [6.45, 7) is 0.224. The van der Waals surface area contributed by atoms with E-state index in [2.05, 4.69) is 11.4 Å². The molecule has 2 aliphatic rings. The molecule has 3 nitrogen and oxygen atoms in total. The average Bonchev–Trinajstić information content (AvgIpc) is 3.04. The van der Waals surface area contributed by atoms with Crippen LogP contribution in [0.4, 0.5) is 0 Å². The molecule has 0 spiro atoms. The summed E-state index contributed by atoms with van der Waals surface area (Å²) in [5.74, 6) is 0.150. The van der Waals surface area contributed by atoms with Gasteiger partial charge in [-0.1, -0.05) is 19.3 Å². The molecule has 2 N–H and O–H groups in total. The minimum Gasteiger partial charge on any atom is -0.394 e. The number of aliphatic hydroxyl groups is 1. The van der Waals surface area contributed by atoms with Crippen molar-refractivity contribution in [2.24, 2.45) is 5.92 Å². The summed E-state index contributed by atoms with van der Waals surface area (Å²) in [5.41, 5.74) is -0.0237. The smallest absolute Gasteiger partial charge is 0.0672 e. The van der Waals surface area contributed by atoms with E-state index in [0.29, 0.717) is 6.04 Å². The van der Waals surface area contributed by atoms with Crippen molar-refractivity contribution < 1.29 is 5.11 Å². The largest absolute Gasteiger partial charge is 0.394 e. The highest BCUT2D eigenvalue weighted by Crippen LogP contribution is 2.37. The molecular formula is C12H20N2O. The maximum atomic E-state index is 9.27. The summed E-state index contributed by atoms with van der Waals surface area (Å²) in [4.78, 5) is 0. The van der Waals surface area contributed by atoms with E-state index in [0.717, 1.165) is 25.7 Å². The third-order valence-electron chi connectivity index (χ3n) is 3.83. The molecule has 15 heavy (non-hydrogen) atoms. The fourth-order valence-electron chi connectivity index (χ4n) is 2.53. The van der Waals surface area contributed by atoms with Crippen LogP contribution in [0.25, 0.3) is 0 Å². The lowest BCUT2D eigenvalue weighted by Gasteiger charge is -2.26. The third kappa shape index (κ3) is 2.50. The zero-order chi connectivity index (χ0) is 10.7. The van der Waals surface area contributed by atoms with Crippen molar-refractivity contribution in [3.63, 3.8) is 0 Å². The van der Waals surface area contributed by atoms with Gasteiger partial charge >= 0.3 is 0 Å². The molecule has 0 saturated heterocycles. The molecule has 2 atom stereocenters. The van der Waals surface area contributed by atoms with Crippen molar-refractivity contribution in [3.8, 4) is 6.07 Å². The van der Waals surface area contributed by atoms with E-state index in [1.165, 1.54) is 19.3 Å². The Bertz CT molecular complexity index is 255. The van der Waals surface area contributed by atoms with Gasteiger partial charge < -0.3 is 10.4 Å². The van der Waals surface area contributed by atoms with Gasteiger partial charge in [0.15, 0.2) is 0 Å². The molecule has 0 heterocycles. The summed E-state index contributed by atoms with van der Waals surface area (Å²) in [5, 5.41) is 21.9. The number of hydrogen-bond acceptors (Lipinski definition) is 3. The van der Waals surface area contributed by atoms with Crippen molar-refractivity contribution in [2.45, 2.75) is 56.5 Å². The molecule has 2 fully saturated rings. The van der Waals surface area contributed by atoms with Gasteiger partial charge in [-0.15, -0.1) is 0 Å². The van der Waals surface area contributed by atoms with Gasteiger partial charge in [-0.05, 0) is 25.7 Å². The molecule has 2 unspecified atom stereocenters. The number of hydrogen-bond donors (Lipinski definition) is 2. The highest BCUT2D eigenvalue weighted by atomic mass is 16.3. The van der Waals surface area contributed by atoms with E-state index in [9.17, 15) is 5.11 Å². The summed E-state index contributed by atoms with van der Waals surface area (Å²) in [6.07, 6.45) is 7.91. The molecular weight excluding hydrogens is 188 g/mol. The summed E-state index contributed by atoms with van der Waals surface area (Å²) >= 11 is 0. The Balaban J connectivity index is 1.95. The minimum atomic E-state index is -0.0237.